The van der Waals surface area contributed by atoms with Gasteiger partial charge >= 0.3 is 0 Å². The zero-order valence-corrected chi connectivity index (χ0v) is 18.2. The van der Waals surface area contributed by atoms with Crippen LogP contribution in [0.2, 0.25) is 5.02 Å². The summed E-state index contributed by atoms with van der Waals surface area (Å²) >= 11 is 7.28. The number of carbonyl (C=O) groups is 2. The third-order valence-corrected chi connectivity index (χ3v) is 5.22. The summed E-state index contributed by atoms with van der Waals surface area (Å²) in [6.07, 6.45) is 1.74. The first kappa shape index (κ1) is 21.7. The van der Waals surface area contributed by atoms with Crippen molar-refractivity contribution in [2.75, 3.05) is 18.9 Å². The van der Waals surface area contributed by atoms with Gasteiger partial charge in [0, 0.05) is 23.6 Å². The molecule has 0 aliphatic carbocycles. The van der Waals surface area contributed by atoms with Crippen LogP contribution in [0.5, 0.6) is 5.75 Å². The Hall–Kier alpha value is -2.97. The predicted molar refractivity (Wildman–Crippen MR) is 117 cm³/mol. The number of anilines is 1. The zero-order chi connectivity index (χ0) is 21.5. The molecule has 0 unspecified atom stereocenters. The Morgan fingerprint density at radius 2 is 2.00 bits per heavy atom. The number of thiazole rings is 1. The molecule has 0 saturated carbocycles. The molecule has 2 amide bonds. The third kappa shape index (κ3) is 6.53. The second-order valence-electron chi connectivity index (χ2n) is 6.67. The van der Waals surface area contributed by atoms with Crippen LogP contribution in [0.15, 0.2) is 48.0 Å². The number of nitrogens with zero attached hydrogens (tertiary/aromatic N) is 3. The first-order chi connectivity index (χ1) is 14.4. The maximum absolute atomic E-state index is 12.4. The number of rotatable bonds is 8. The molecule has 0 fully saturated rings. The van der Waals surface area contributed by atoms with Crippen LogP contribution in [0.1, 0.15) is 16.3 Å². The number of pyridine rings is 1. The summed E-state index contributed by atoms with van der Waals surface area (Å²) < 4.78 is 5.67. The minimum Gasteiger partial charge on any atom is -0.486 e. The zero-order valence-electron chi connectivity index (χ0n) is 16.6. The Labute approximate surface area is 183 Å². The van der Waals surface area contributed by atoms with Crippen LogP contribution in [0, 0.1) is 6.92 Å². The molecule has 2 aromatic heterocycles. The van der Waals surface area contributed by atoms with Gasteiger partial charge in [-0.05, 0) is 48.9 Å². The van der Waals surface area contributed by atoms with Crippen molar-refractivity contribution in [3.05, 3.63) is 69.3 Å². The molecule has 0 bridgehead atoms. The average molecular weight is 445 g/mol. The topological polar surface area (TPSA) is 84.4 Å². The molecule has 0 aliphatic rings. The highest BCUT2D eigenvalue weighted by Crippen LogP contribution is 2.18. The Morgan fingerprint density at radius 3 is 2.73 bits per heavy atom. The van der Waals surface area contributed by atoms with Gasteiger partial charge in [-0.3, -0.25) is 9.59 Å². The minimum atomic E-state index is -0.306. The van der Waals surface area contributed by atoms with Crippen molar-refractivity contribution in [2.45, 2.75) is 20.0 Å². The number of ether oxygens (including phenoxy) is 1. The monoisotopic (exact) mass is 444 g/mol. The van der Waals surface area contributed by atoms with Crippen LogP contribution in [0.3, 0.4) is 0 Å². The first-order valence-corrected chi connectivity index (χ1v) is 10.4. The van der Waals surface area contributed by atoms with Gasteiger partial charge in [0.25, 0.3) is 0 Å². The Morgan fingerprint density at radius 1 is 1.23 bits per heavy atom. The second-order valence-corrected chi connectivity index (χ2v) is 8.05. The summed E-state index contributed by atoms with van der Waals surface area (Å²) in [5, 5.41) is 5.92. The van der Waals surface area contributed by atoms with E-state index in [0.29, 0.717) is 28.9 Å². The number of hydrogen-bond donors (Lipinski definition) is 1. The lowest BCUT2D eigenvalue weighted by atomic mass is 10.3. The highest BCUT2D eigenvalue weighted by atomic mass is 35.5. The van der Waals surface area contributed by atoms with E-state index in [1.165, 1.54) is 16.2 Å². The summed E-state index contributed by atoms with van der Waals surface area (Å²) in [7, 11) is 1.59. The molecule has 156 valence electrons. The fourth-order valence-electron chi connectivity index (χ4n) is 2.55. The molecule has 7 nitrogen and oxygen atoms in total. The van der Waals surface area contributed by atoms with Crippen molar-refractivity contribution in [1.82, 2.24) is 14.9 Å². The first-order valence-electron chi connectivity index (χ1n) is 9.17. The van der Waals surface area contributed by atoms with E-state index in [4.69, 9.17) is 16.3 Å². The smallest absolute Gasteiger partial charge is 0.245 e. The number of hydrogen-bond acceptors (Lipinski definition) is 6. The third-order valence-electron chi connectivity index (χ3n) is 4.10. The van der Waals surface area contributed by atoms with Crippen molar-refractivity contribution in [2.24, 2.45) is 0 Å². The van der Waals surface area contributed by atoms with Gasteiger partial charge in [0.15, 0.2) is 0 Å². The largest absolute Gasteiger partial charge is 0.486 e. The van der Waals surface area contributed by atoms with E-state index in [2.05, 4.69) is 15.3 Å². The van der Waals surface area contributed by atoms with Gasteiger partial charge in [0.2, 0.25) is 11.8 Å². The van der Waals surface area contributed by atoms with Gasteiger partial charge in [-0.15, -0.1) is 11.3 Å². The molecule has 9 heteroatoms. The summed E-state index contributed by atoms with van der Waals surface area (Å²) in [6, 6.07) is 10.7. The maximum atomic E-state index is 12.4. The predicted octanol–water partition coefficient (Wildman–Crippen LogP) is 3.72. The maximum Gasteiger partial charge on any atom is 0.245 e. The number of carbonyl (C=O) groups excluding carboxylic acids is 2. The molecule has 3 aromatic rings. The van der Waals surface area contributed by atoms with Gasteiger partial charge in [-0.1, -0.05) is 11.6 Å². The van der Waals surface area contributed by atoms with E-state index in [0.717, 1.165) is 10.6 Å². The van der Waals surface area contributed by atoms with Crippen LogP contribution in [0.25, 0.3) is 0 Å². The van der Waals surface area contributed by atoms with Crippen molar-refractivity contribution in [3.63, 3.8) is 0 Å². The van der Waals surface area contributed by atoms with Crippen molar-refractivity contribution in [1.29, 1.82) is 0 Å². The van der Waals surface area contributed by atoms with Gasteiger partial charge < -0.3 is 15.0 Å². The SMILES string of the molecule is Cc1ccnc(NC(=O)CN(C)C(=O)Cc2csc(COc3ccc(Cl)cc3)n2)c1. The number of nitrogens with one attached hydrogen (secondary N) is 1. The Bertz CT molecular complexity index is 1020. The number of amides is 2. The standard InChI is InChI=1S/C21H21ClN4O3S/c1-14-7-8-23-18(9-14)25-19(27)11-26(2)21(28)10-16-13-30-20(24-16)12-29-17-5-3-15(22)4-6-17/h3-9,13H,10-12H2,1-2H3,(H,23,25,27). The lowest BCUT2D eigenvalue weighted by Crippen LogP contribution is -2.36. The van der Waals surface area contributed by atoms with Crippen LogP contribution >= 0.6 is 22.9 Å². The molecule has 0 atom stereocenters. The van der Waals surface area contributed by atoms with E-state index < -0.39 is 0 Å². The fraction of sp³-hybridized carbons (Fsp3) is 0.238. The fourth-order valence-corrected chi connectivity index (χ4v) is 3.38. The number of halogens is 1. The lowest BCUT2D eigenvalue weighted by molar-refractivity contribution is -0.132. The summed E-state index contributed by atoms with van der Waals surface area (Å²) in [5.74, 6) is 0.656. The van der Waals surface area contributed by atoms with Crippen LogP contribution in [0.4, 0.5) is 5.82 Å². The Kier molecular flexibility index (Phi) is 7.37. The summed E-state index contributed by atoms with van der Waals surface area (Å²) in [6.45, 7) is 2.16. The normalized spacial score (nSPS) is 10.5. The molecule has 0 aliphatic heterocycles. The van der Waals surface area contributed by atoms with Gasteiger partial charge in [-0.25, -0.2) is 9.97 Å². The molecule has 1 N–H and O–H groups in total. The number of likely N-dealkylation sites (N-methyl/N-ethyl adjacent to an activating group) is 1. The summed E-state index contributed by atoms with van der Waals surface area (Å²) in [5.41, 5.74) is 1.64. The molecule has 30 heavy (non-hydrogen) atoms. The molecule has 2 heterocycles. The molecule has 3 rings (SSSR count). The van der Waals surface area contributed by atoms with Crippen molar-refractivity contribution < 1.29 is 14.3 Å². The summed E-state index contributed by atoms with van der Waals surface area (Å²) in [4.78, 5) is 34.5. The van der Waals surface area contributed by atoms with Crippen LogP contribution < -0.4 is 10.1 Å². The molecule has 1 aromatic carbocycles. The number of benzene rings is 1. The van der Waals surface area contributed by atoms with Crippen LogP contribution in [-0.2, 0) is 22.6 Å². The molecule has 0 saturated heterocycles. The van der Waals surface area contributed by atoms with E-state index in [1.807, 2.05) is 18.4 Å². The highest BCUT2D eigenvalue weighted by molar-refractivity contribution is 7.09. The molecule has 0 radical (unpaired) electrons. The van der Waals surface area contributed by atoms with Gasteiger partial charge in [-0.2, -0.15) is 0 Å². The van der Waals surface area contributed by atoms with E-state index in [9.17, 15) is 9.59 Å². The molecule has 0 spiro atoms. The van der Waals surface area contributed by atoms with Gasteiger partial charge in [0.05, 0.1) is 18.7 Å². The number of aromatic nitrogens is 2. The molecular weight excluding hydrogens is 424 g/mol. The minimum absolute atomic E-state index is 0.0644. The van der Waals surface area contributed by atoms with E-state index in [1.54, 1.807) is 43.6 Å². The van der Waals surface area contributed by atoms with Crippen LogP contribution in [-0.4, -0.2) is 40.3 Å². The van der Waals surface area contributed by atoms with Gasteiger partial charge in [0.1, 0.15) is 23.2 Å². The number of aryl methyl sites for hydroxylation is 1. The van der Waals surface area contributed by atoms with Crippen molar-refractivity contribution >= 4 is 40.6 Å². The highest BCUT2D eigenvalue weighted by Gasteiger charge is 2.16. The lowest BCUT2D eigenvalue weighted by Gasteiger charge is -2.16. The molecular formula is C21H21ClN4O3S. The second kappa shape index (κ2) is 10.2. The quantitative estimate of drug-likeness (QED) is 0.572. The van der Waals surface area contributed by atoms with E-state index in [-0.39, 0.29) is 24.8 Å². The Balaban J connectivity index is 1.46. The van der Waals surface area contributed by atoms with Crippen molar-refractivity contribution in [3.8, 4) is 5.75 Å². The average Bonchev–Trinajstić information content (AvgIpc) is 3.14. The van der Waals surface area contributed by atoms with E-state index >= 15 is 0 Å².